The highest BCUT2D eigenvalue weighted by Gasteiger charge is 2.30. The molecule has 162 valence electrons. The Hall–Kier alpha value is -4.28. The predicted octanol–water partition coefficient (Wildman–Crippen LogP) is 3.39. The van der Waals surface area contributed by atoms with Crippen LogP contribution in [0.25, 0.3) is 11.4 Å². The summed E-state index contributed by atoms with van der Waals surface area (Å²) in [5, 5.41) is 10.6. The number of carbonyl (C=O) groups excluding carboxylic acids is 1. The highest BCUT2D eigenvalue weighted by atomic mass is 19.4. The van der Waals surface area contributed by atoms with Gasteiger partial charge in [0.05, 0.1) is 16.9 Å². The molecular formula is C21H15F3N6O2. The molecule has 1 N–H and O–H groups in total. The summed E-state index contributed by atoms with van der Waals surface area (Å²) >= 11 is 0. The van der Waals surface area contributed by atoms with Crippen LogP contribution in [0.3, 0.4) is 0 Å². The fraction of sp³-hybridized carbons (Fsp3) is 0.0952. The first-order valence-electron chi connectivity index (χ1n) is 9.27. The number of nitrogens with zero attached hydrogens (tertiary/aromatic N) is 5. The van der Waals surface area contributed by atoms with E-state index in [1.54, 1.807) is 24.3 Å². The second-order valence-electron chi connectivity index (χ2n) is 6.80. The standard InChI is InChI=1S/C21H15F3N6O2/c1-13-9-18(31)19(28-30(13)17-4-2-3-14(10-17)21(22,23)24)20(32)27-15-5-7-16(8-6-15)29-12-25-11-26-29/h2-12H,1H3,(H,27,32). The number of carbonyl (C=O) groups is 1. The van der Waals surface area contributed by atoms with Crippen molar-refractivity contribution in [3.63, 3.8) is 0 Å². The van der Waals surface area contributed by atoms with Gasteiger partial charge in [-0.25, -0.2) is 14.3 Å². The van der Waals surface area contributed by atoms with Gasteiger partial charge in [0, 0.05) is 17.4 Å². The molecule has 0 spiro atoms. The number of nitrogens with one attached hydrogen (secondary N) is 1. The van der Waals surface area contributed by atoms with E-state index in [1.807, 2.05) is 0 Å². The van der Waals surface area contributed by atoms with Crippen molar-refractivity contribution in [3.8, 4) is 11.4 Å². The lowest BCUT2D eigenvalue weighted by atomic mass is 10.2. The highest BCUT2D eigenvalue weighted by molar-refractivity contribution is 6.02. The van der Waals surface area contributed by atoms with Crippen molar-refractivity contribution < 1.29 is 18.0 Å². The number of aromatic nitrogens is 5. The Kier molecular flexibility index (Phi) is 5.31. The zero-order valence-corrected chi connectivity index (χ0v) is 16.5. The van der Waals surface area contributed by atoms with Crippen LogP contribution in [0.5, 0.6) is 0 Å². The third kappa shape index (κ3) is 4.26. The van der Waals surface area contributed by atoms with E-state index in [9.17, 15) is 22.8 Å². The topological polar surface area (TPSA) is 94.7 Å². The second-order valence-corrected chi connectivity index (χ2v) is 6.80. The molecule has 0 aliphatic heterocycles. The number of alkyl halides is 3. The largest absolute Gasteiger partial charge is 0.416 e. The summed E-state index contributed by atoms with van der Waals surface area (Å²) in [4.78, 5) is 28.9. The summed E-state index contributed by atoms with van der Waals surface area (Å²) in [6.07, 6.45) is -1.64. The first kappa shape index (κ1) is 21.0. The Balaban J connectivity index is 1.63. The van der Waals surface area contributed by atoms with Crippen LogP contribution in [0, 0.1) is 6.92 Å². The predicted molar refractivity (Wildman–Crippen MR) is 109 cm³/mol. The molecule has 0 aliphatic rings. The zero-order valence-electron chi connectivity index (χ0n) is 16.5. The van der Waals surface area contributed by atoms with E-state index >= 15 is 0 Å². The van der Waals surface area contributed by atoms with Crippen molar-refractivity contribution in [2.24, 2.45) is 0 Å². The van der Waals surface area contributed by atoms with Gasteiger partial charge in [0.15, 0.2) is 5.69 Å². The number of aryl methyl sites for hydroxylation is 1. The Morgan fingerprint density at radius 3 is 2.44 bits per heavy atom. The molecule has 32 heavy (non-hydrogen) atoms. The molecule has 0 saturated heterocycles. The van der Waals surface area contributed by atoms with Gasteiger partial charge in [-0.2, -0.15) is 23.4 Å². The quantitative estimate of drug-likeness (QED) is 0.525. The Labute approximate surface area is 179 Å². The van der Waals surface area contributed by atoms with Gasteiger partial charge in [-0.05, 0) is 49.4 Å². The minimum absolute atomic E-state index is 0.0727. The van der Waals surface area contributed by atoms with Gasteiger partial charge >= 0.3 is 6.18 Å². The summed E-state index contributed by atoms with van der Waals surface area (Å²) < 4.78 is 41.8. The smallest absolute Gasteiger partial charge is 0.320 e. The Morgan fingerprint density at radius 2 is 1.78 bits per heavy atom. The molecule has 0 unspecified atom stereocenters. The molecule has 2 aromatic carbocycles. The van der Waals surface area contributed by atoms with E-state index < -0.39 is 28.8 Å². The number of halogens is 3. The van der Waals surface area contributed by atoms with E-state index in [0.29, 0.717) is 11.4 Å². The number of anilines is 1. The summed E-state index contributed by atoms with van der Waals surface area (Å²) in [6.45, 7) is 1.51. The lowest BCUT2D eigenvalue weighted by Crippen LogP contribution is -2.27. The molecule has 0 aliphatic carbocycles. The van der Waals surface area contributed by atoms with Crippen molar-refractivity contribution in [2.45, 2.75) is 13.1 Å². The number of hydrogen-bond acceptors (Lipinski definition) is 5. The SMILES string of the molecule is Cc1cc(=O)c(C(=O)Nc2ccc(-n3cncn3)cc2)nn1-c1cccc(C(F)(F)F)c1. The molecule has 2 aromatic heterocycles. The fourth-order valence-corrected chi connectivity index (χ4v) is 3.01. The average molecular weight is 440 g/mol. The van der Waals surface area contributed by atoms with Gasteiger partial charge in [-0.1, -0.05) is 6.07 Å². The molecule has 0 saturated carbocycles. The third-order valence-corrected chi connectivity index (χ3v) is 4.55. The van der Waals surface area contributed by atoms with Crippen molar-refractivity contribution in [2.75, 3.05) is 5.32 Å². The lowest BCUT2D eigenvalue weighted by Gasteiger charge is -2.13. The van der Waals surface area contributed by atoms with Gasteiger partial charge in [-0.3, -0.25) is 9.59 Å². The van der Waals surface area contributed by atoms with E-state index in [0.717, 1.165) is 22.9 Å². The van der Waals surface area contributed by atoms with Crippen LogP contribution in [-0.4, -0.2) is 30.5 Å². The number of rotatable bonds is 4. The van der Waals surface area contributed by atoms with E-state index in [1.165, 1.54) is 36.4 Å². The molecule has 0 fully saturated rings. The van der Waals surface area contributed by atoms with Crippen molar-refractivity contribution in [3.05, 3.63) is 94.4 Å². The first-order chi connectivity index (χ1) is 15.2. The van der Waals surface area contributed by atoms with Gasteiger partial charge in [-0.15, -0.1) is 0 Å². The summed E-state index contributed by atoms with van der Waals surface area (Å²) in [5.74, 6) is -0.788. The molecule has 0 atom stereocenters. The Bertz CT molecular complexity index is 1330. The Morgan fingerprint density at radius 1 is 1.03 bits per heavy atom. The zero-order chi connectivity index (χ0) is 22.9. The minimum Gasteiger partial charge on any atom is -0.320 e. The van der Waals surface area contributed by atoms with Crippen molar-refractivity contribution >= 4 is 11.6 Å². The second kappa shape index (κ2) is 8.10. The lowest BCUT2D eigenvalue weighted by molar-refractivity contribution is -0.137. The fourth-order valence-electron chi connectivity index (χ4n) is 3.01. The van der Waals surface area contributed by atoms with Crippen LogP contribution in [0.2, 0.25) is 0 Å². The van der Waals surface area contributed by atoms with Crippen LogP contribution in [0.1, 0.15) is 21.7 Å². The van der Waals surface area contributed by atoms with Crippen LogP contribution < -0.4 is 10.7 Å². The number of benzene rings is 2. The van der Waals surface area contributed by atoms with Gasteiger partial charge in [0.2, 0.25) is 5.43 Å². The maximum Gasteiger partial charge on any atom is 0.416 e. The molecule has 0 radical (unpaired) electrons. The van der Waals surface area contributed by atoms with Crippen LogP contribution >= 0.6 is 0 Å². The van der Waals surface area contributed by atoms with Gasteiger partial charge < -0.3 is 5.32 Å². The first-order valence-corrected chi connectivity index (χ1v) is 9.27. The van der Waals surface area contributed by atoms with Gasteiger partial charge in [0.1, 0.15) is 12.7 Å². The number of hydrogen-bond donors (Lipinski definition) is 1. The normalized spacial score (nSPS) is 11.4. The van der Waals surface area contributed by atoms with Crippen LogP contribution in [0.15, 0.2) is 72.0 Å². The van der Waals surface area contributed by atoms with Crippen LogP contribution in [-0.2, 0) is 6.18 Å². The highest BCUT2D eigenvalue weighted by Crippen LogP contribution is 2.30. The molecule has 1 amide bonds. The minimum atomic E-state index is -4.54. The maximum absolute atomic E-state index is 13.1. The molecule has 0 bridgehead atoms. The average Bonchev–Trinajstić information content (AvgIpc) is 3.29. The van der Waals surface area contributed by atoms with E-state index in [-0.39, 0.29) is 11.4 Å². The molecule has 4 aromatic rings. The molecule has 11 heteroatoms. The van der Waals surface area contributed by atoms with Gasteiger partial charge in [0.25, 0.3) is 5.91 Å². The van der Waals surface area contributed by atoms with Crippen molar-refractivity contribution in [1.82, 2.24) is 24.5 Å². The summed E-state index contributed by atoms with van der Waals surface area (Å²) in [5.41, 5.74) is -0.511. The third-order valence-electron chi connectivity index (χ3n) is 4.55. The summed E-state index contributed by atoms with van der Waals surface area (Å²) in [7, 11) is 0. The monoisotopic (exact) mass is 440 g/mol. The molecule has 2 heterocycles. The van der Waals surface area contributed by atoms with Crippen molar-refractivity contribution in [1.29, 1.82) is 0 Å². The van der Waals surface area contributed by atoms with E-state index in [4.69, 9.17) is 0 Å². The van der Waals surface area contributed by atoms with E-state index in [2.05, 4.69) is 20.5 Å². The summed E-state index contributed by atoms with van der Waals surface area (Å²) in [6, 6.07) is 12.2. The molecule has 8 nitrogen and oxygen atoms in total. The maximum atomic E-state index is 13.1. The molecular weight excluding hydrogens is 425 g/mol. The molecule has 4 rings (SSSR count). The number of amides is 1. The van der Waals surface area contributed by atoms with Crippen LogP contribution in [0.4, 0.5) is 18.9 Å².